The van der Waals surface area contributed by atoms with Crippen LogP contribution in [-0.2, 0) is 9.53 Å². The molecule has 2 rings (SSSR count). The van der Waals surface area contributed by atoms with Crippen LogP contribution in [0.5, 0.6) is 0 Å². The van der Waals surface area contributed by atoms with Gasteiger partial charge >= 0.3 is 5.97 Å². The zero-order valence-corrected chi connectivity index (χ0v) is 8.24. The lowest BCUT2D eigenvalue weighted by atomic mass is 9.81. The Morgan fingerprint density at radius 2 is 2.21 bits per heavy atom. The molecule has 0 aromatic rings. The number of hydrogen-bond acceptors (Lipinski definition) is 3. The van der Waals surface area contributed by atoms with E-state index in [0.717, 1.165) is 39.0 Å². The molecule has 0 aliphatic carbocycles. The van der Waals surface area contributed by atoms with E-state index in [9.17, 15) is 4.79 Å². The largest absolute Gasteiger partial charge is 0.480 e. The molecule has 14 heavy (non-hydrogen) atoms. The maximum absolute atomic E-state index is 10.8. The molecular formula is C10H17NO3. The van der Waals surface area contributed by atoms with E-state index in [-0.39, 0.29) is 6.04 Å². The lowest BCUT2D eigenvalue weighted by Gasteiger charge is -2.31. The van der Waals surface area contributed by atoms with Crippen molar-refractivity contribution in [1.29, 1.82) is 0 Å². The molecular weight excluding hydrogens is 182 g/mol. The molecule has 0 spiro atoms. The van der Waals surface area contributed by atoms with Crippen molar-refractivity contribution in [2.24, 2.45) is 11.8 Å². The summed E-state index contributed by atoms with van der Waals surface area (Å²) in [5.41, 5.74) is 0. The van der Waals surface area contributed by atoms with Crippen LogP contribution in [0.3, 0.4) is 0 Å². The Bertz CT molecular complexity index is 213. The topological polar surface area (TPSA) is 58.6 Å². The zero-order chi connectivity index (χ0) is 9.97. The third-order valence-electron chi connectivity index (χ3n) is 3.37. The van der Waals surface area contributed by atoms with E-state index in [1.165, 1.54) is 0 Å². The predicted molar refractivity (Wildman–Crippen MR) is 51.1 cm³/mol. The Hall–Kier alpha value is -0.610. The SMILES string of the molecule is O=C(O)C1CC(C2CCOC2)CCN1. The molecule has 0 amide bonds. The number of carboxylic acids is 1. The molecule has 2 heterocycles. The summed E-state index contributed by atoms with van der Waals surface area (Å²) in [6.07, 6.45) is 2.97. The first-order valence-electron chi connectivity index (χ1n) is 5.31. The molecule has 4 heteroatoms. The van der Waals surface area contributed by atoms with Crippen LogP contribution >= 0.6 is 0 Å². The van der Waals surface area contributed by atoms with Gasteiger partial charge in [-0.25, -0.2) is 0 Å². The van der Waals surface area contributed by atoms with Crippen molar-refractivity contribution in [3.63, 3.8) is 0 Å². The number of carbonyl (C=O) groups is 1. The lowest BCUT2D eigenvalue weighted by Crippen LogP contribution is -2.45. The fourth-order valence-corrected chi connectivity index (χ4v) is 2.49. The summed E-state index contributed by atoms with van der Waals surface area (Å²) in [4.78, 5) is 10.8. The van der Waals surface area contributed by atoms with Crippen molar-refractivity contribution >= 4 is 5.97 Å². The van der Waals surface area contributed by atoms with Gasteiger partial charge in [0.1, 0.15) is 6.04 Å². The van der Waals surface area contributed by atoms with Gasteiger partial charge in [-0.3, -0.25) is 4.79 Å². The van der Waals surface area contributed by atoms with Crippen LogP contribution in [0.4, 0.5) is 0 Å². The van der Waals surface area contributed by atoms with Gasteiger partial charge in [-0.2, -0.15) is 0 Å². The fourth-order valence-electron chi connectivity index (χ4n) is 2.49. The molecule has 0 bridgehead atoms. The molecule has 0 saturated carbocycles. The standard InChI is InChI=1S/C10H17NO3/c12-10(13)9-5-7(1-3-11-9)8-2-4-14-6-8/h7-9,11H,1-6H2,(H,12,13). The van der Waals surface area contributed by atoms with Gasteiger partial charge in [0, 0.05) is 13.2 Å². The smallest absolute Gasteiger partial charge is 0.320 e. The number of hydrogen-bond donors (Lipinski definition) is 2. The number of nitrogens with one attached hydrogen (secondary N) is 1. The number of piperidine rings is 1. The summed E-state index contributed by atoms with van der Waals surface area (Å²) in [7, 11) is 0. The van der Waals surface area contributed by atoms with Crippen LogP contribution in [0.25, 0.3) is 0 Å². The Labute approximate surface area is 83.6 Å². The van der Waals surface area contributed by atoms with Gasteiger partial charge in [0.05, 0.1) is 0 Å². The van der Waals surface area contributed by atoms with Gasteiger partial charge in [-0.15, -0.1) is 0 Å². The van der Waals surface area contributed by atoms with E-state index in [4.69, 9.17) is 9.84 Å². The molecule has 2 N–H and O–H groups in total. The van der Waals surface area contributed by atoms with Gasteiger partial charge in [-0.05, 0) is 37.6 Å². The minimum absolute atomic E-state index is 0.339. The fraction of sp³-hybridized carbons (Fsp3) is 0.900. The van der Waals surface area contributed by atoms with E-state index in [0.29, 0.717) is 11.8 Å². The van der Waals surface area contributed by atoms with Gasteiger partial charge in [-0.1, -0.05) is 0 Å². The van der Waals surface area contributed by atoms with Crippen molar-refractivity contribution in [2.75, 3.05) is 19.8 Å². The van der Waals surface area contributed by atoms with Gasteiger partial charge < -0.3 is 15.2 Å². The monoisotopic (exact) mass is 199 g/mol. The average molecular weight is 199 g/mol. The summed E-state index contributed by atoms with van der Waals surface area (Å²) in [6, 6.07) is -0.339. The van der Waals surface area contributed by atoms with Crippen LogP contribution in [0, 0.1) is 11.8 Å². The summed E-state index contributed by atoms with van der Waals surface area (Å²) >= 11 is 0. The van der Waals surface area contributed by atoms with Crippen LogP contribution < -0.4 is 5.32 Å². The Kier molecular flexibility index (Phi) is 3.03. The predicted octanol–water partition coefficient (Wildman–Crippen LogP) is 0.476. The van der Waals surface area contributed by atoms with Crippen LogP contribution in [-0.4, -0.2) is 36.9 Å². The van der Waals surface area contributed by atoms with Gasteiger partial charge in [0.25, 0.3) is 0 Å². The zero-order valence-electron chi connectivity index (χ0n) is 8.24. The van der Waals surface area contributed by atoms with Crippen molar-refractivity contribution in [1.82, 2.24) is 5.32 Å². The van der Waals surface area contributed by atoms with Crippen molar-refractivity contribution in [3.05, 3.63) is 0 Å². The molecule has 3 atom stereocenters. The number of ether oxygens (including phenoxy) is 1. The first-order valence-corrected chi connectivity index (χ1v) is 5.31. The highest BCUT2D eigenvalue weighted by Crippen LogP contribution is 2.30. The third kappa shape index (κ3) is 2.07. The van der Waals surface area contributed by atoms with E-state index < -0.39 is 5.97 Å². The highest BCUT2D eigenvalue weighted by Gasteiger charge is 2.32. The van der Waals surface area contributed by atoms with Crippen molar-refractivity contribution in [2.45, 2.75) is 25.3 Å². The van der Waals surface area contributed by atoms with Crippen LogP contribution in [0.2, 0.25) is 0 Å². The van der Waals surface area contributed by atoms with Crippen LogP contribution in [0.1, 0.15) is 19.3 Å². The van der Waals surface area contributed by atoms with E-state index in [1.54, 1.807) is 0 Å². The second-order valence-electron chi connectivity index (χ2n) is 4.25. The molecule has 0 aromatic carbocycles. The normalized spacial score (nSPS) is 38.4. The van der Waals surface area contributed by atoms with E-state index in [2.05, 4.69) is 5.32 Å². The first-order chi connectivity index (χ1) is 6.77. The summed E-state index contributed by atoms with van der Waals surface area (Å²) in [6.45, 7) is 2.52. The second-order valence-corrected chi connectivity index (χ2v) is 4.25. The first kappa shape index (κ1) is 9.93. The van der Waals surface area contributed by atoms with E-state index >= 15 is 0 Å². The molecule has 2 saturated heterocycles. The lowest BCUT2D eigenvalue weighted by molar-refractivity contribution is -0.140. The number of rotatable bonds is 2. The molecule has 2 aliphatic heterocycles. The summed E-state index contributed by atoms with van der Waals surface area (Å²) in [5, 5.41) is 11.9. The van der Waals surface area contributed by atoms with Crippen molar-refractivity contribution in [3.8, 4) is 0 Å². The summed E-state index contributed by atoms with van der Waals surface area (Å²) < 4.78 is 5.34. The molecule has 4 nitrogen and oxygen atoms in total. The quantitative estimate of drug-likeness (QED) is 0.679. The molecule has 2 fully saturated rings. The Morgan fingerprint density at radius 3 is 2.86 bits per heavy atom. The Morgan fingerprint density at radius 1 is 1.36 bits per heavy atom. The minimum Gasteiger partial charge on any atom is -0.480 e. The van der Waals surface area contributed by atoms with Gasteiger partial charge in [0.2, 0.25) is 0 Å². The maximum atomic E-state index is 10.8. The van der Waals surface area contributed by atoms with Crippen LogP contribution in [0.15, 0.2) is 0 Å². The number of carboxylic acid groups (broad SMARTS) is 1. The second kappa shape index (κ2) is 4.28. The molecule has 0 radical (unpaired) electrons. The third-order valence-corrected chi connectivity index (χ3v) is 3.37. The van der Waals surface area contributed by atoms with Gasteiger partial charge in [0.15, 0.2) is 0 Å². The maximum Gasteiger partial charge on any atom is 0.320 e. The minimum atomic E-state index is -0.714. The van der Waals surface area contributed by atoms with Crippen molar-refractivity contribution < 1.29 is 14.6 Å². The highest BCUT2D eigenvalue weighted by atomic mass is 16.5. The Balaban J connectivity index is 1.89. The van der Waals surface area contributed by atoms with E-state index in [1.807, 2.05) is 0 Å². The average Bonchev–Trinajstić information content (AvgIpc) is 2.71. The molecule has 80 valence electrons. The molecule has 2 aliphatic rings. The number of aliphatic carboxylic acids is 1. The summed E-state index contributed by atoms with van der Waals surface area (Å²) in [5.74, 6) is 0.424. The highest BCUT2D eigenvalue weighted by molar-refractivity contribution is 5.73. The molecule has 3 unspecified atom stereocenters. The molecule has 0 aromatic heterocycles.